The van der Waals surface area contributed by atoms with Crippen LogP contribution in [0.2, 0.25) is 0 Å². The second-order valence-corrected chi connectivity index (χ2v) is 6.22. The molecule has 0 radical (unpaired) electrons. The summed E-state index contributed by atoms with van der Waals surface area (Å²) < 4.78 is -0.412. The zero-order valence-electron chi connectivity index (χ0n) is 8.55. The van der Waals surface area contributed by atoms with Gasteiger partial charge < -0.3 is 5.73 Å². The molecular weight excluding hydrogens is 219 g/mol. The highest BCUT2D eigenvalue weighted by atomic mass is 35.5. The van der Waals surface area contributed by atoms with Gasteiger partial charge >= 0.3 is 0 Å². The fraction of sp³-hybridized carbons (Fsp3) is 1.00. The lowest BCUT2D eigenvalue weighted by Gasteiger charge is -2.22. The van der Waals surface area contributed by atoms with E-state index in [9.17, 15) is 0 Å². The van der Waals surface area contributed by atoms with Gasteiger partial charge in [0.25, 0.3) is 0 Å². The normalized spacial score (nSPS) is 41.6. The van der Waals surface area contributed by atoms with E-state index in [2.05, 4.69) is 11.8 Å². The van der Waals surface area contributed by atoms with Crippen molar-refractivity contribution in [1.82, 2.24) is 4.90 Å². The maximum Gasteiger partial charge on any atom is 0.121 e. The standard InChI is InChI=1S/C10H18Cl2N2/c1-7-9(13)3-5-14(7)4-2-8-6-10(8,11)12/h7-9H,2-6,13H2,1H3. The summed E-state index contributed by atoms with van der Waals surface area (Å²) in [4.78, 5) is 2.45. The number of rotatable bonds is 3. The molecule has 0 bridgehead atoms. The van der Waals surface area contributed by atoms with Crippen LogP contribution in [0.3, 0.4) is 0 Å². The first-order chi connectivity index (χ1) is 6.50. The summed E-state index contributed by atoms with van der Waals surface area (Å²) in [5.74, 6) is 0.509. The molecule has 2 nitrogen and oxygen atoms in total. The molecule has 3 unspecified atom stereocenters. The van der Waals surface area contributed by atoms with Gasteiger partial charge in [-0.2, -0.15) is 0 Å². The van der Waals surface area contributed by atoms with E-state index in [0.29, 0.717) is 18.0 Å². The summed E-state index contributed by atoms with van der Waals surface area (Å²) >= 11 is 12.0. The third-order valence-corrected chi connectivity index (χ3v) is 4.59. The fourth-order valence-corrected chi connectivity index (χ4v) is 2.84. The third kappa shape index (κ3) is 2.19. The minimum absolute atomic E-state index is 0.353. The van der Waals surface area contributed by atoms with Gasteiger partial charge in [-0.1, -0.05) is 0 Å². The zero-order valence-corrected chi connectivity index (χ0v) is 10.1. The summed E-state index contributed by atoms with van der Waals surface area (Å²) in [6, 6.07) is 0.875. The molecule has 2 N–H and O–H groups in total. The summed E-state index contributed by atoms with van der Waals surface area (Å²) in [6.07, 6.45) is 3.20. The first-order valence-electron chi connectivity index (χ1n) is 5.38. The first kappa shape index (κ1) is 11.0. The van der Waals surface area contributed by atoms with Crippen LogP contribution < -0.4 is 5.73 Å². The van der Waals surface area contributed by atoms with Crippen LogP contribution in [0.15, 0.2) is 0 Å². The van der Waals surface area contributed by atoms with Gasteiger partial charge in [-0.05, 0) is 38.6 Å². The van der Waals surface area contributed by atoms with Crippen LogP contribution in [-0.2, 0) is 0 Å². The summed E-state index contributed by atoms with van der Waals surface area (Å²) in [5, 5.41) is 0. The molecule has 2 fully saturated rings. The van der Waals surface area contributed by atoms with Crippen LogP contribution in [0, 0.1) is 5.92 Å². The summed E-state index contributed by atoms with van der Waals surface area (Å²) in [5.41, 5.74) is 5.95. The van der Waals surface area contributed by atoms with Gasteiger partial charge in [0.2, 0.25) is 0 Å². The lowest BCUT2D eigenvalue weighted by Crippen LogP contribution is -2.37. The van der Waals surface area contributed by atoms with Gasteiger partial charge in [0.05, 0.1) is 0 Å². The molecule has 1 saturated carbocycles. The topological polar surface area (TPSA) is 29.3 Å². The summed E-state index contributed by atoms with van der Waals surface area (Å²) in [6.45, 7) is 4.44. The number of alkyl halides is 2. The Kier molecular flexibility index (Phi) is 3.00. The smallest absolute Gasteiger partial charge is 0.121 e. The largest absolute Gasteiger partial charge is 0.326 e. The van der Waals surface area contributed by atoms with Crippen molar-refractivity contribution < 1.29 is 0 Å². The van der Waals surface area contributed by atoms with Gasteiger partial charge in [-0.15, -0.1) is 23.2 Å². The van der Waals surface area contributed by atoms with Gasteiger partial charge in [0.1, 0.15) is 4.33 Å². The molecule has 2 aliphatic rings. The van der Waals surface area contributed by atoms with Crippen LogP contribution in [0.4, 0.5) is 0 Å². The van der Waals surface area contributed by atoms with Crippen LogP contribution in [0.25, 0.3) is 0 Å². The van der Waals surface area contributed by atoms with Crippen LogP contribution in [0.1, 0.15) is 26.2 Å². The maximum atomic E-state index is 5.98. The molecule has 3 atom stereocenters. The lowest BCUT2D eigenvalue weighted by atomic mass is 10.1. The van der Waals surface area contributed by atoms with Gasteiger partial charge in [-0.25, -0.2) is 0 Å². The third-order valence-electron chi connectivity index (χ3n) is 3.67. The Bertz CT molecular complexity index is 220. The van der Waals surface area contributed by atoms with Gasteiger partial charge in [0.15, 0.2) is 0 Å². The van der Waals surface area contributed by atoms with Crippen molar-refractivity contribution in [3.8, 4) is 0 Å². The van der Waals surface area contributed by atoms with E-state index in [1.54, 1.807) is 0 Å². The Morgan fingerprint density at radius 1 is 1.50 bits per heavy atom. The molecule has 1 heterocycles. The fourth-order valence-electron chi connectivity index (χ4n) is 2.25. The Morgan fingerprint density at radius 2 is 2.14 bits per heavy atom. The van der Waals surface area contributed by atoms with E-state index in [4.69, 9.17) is 28.9 Å². The van der Waals surface area contributed by atoms with Crippen molar-refractivity contribution in [2.24, 2.45) is 11.7 Å². The minimum Gasteiger partial charge on any atom is -0.326 e. The van der Waals surface area contributed by atoms with E-state index < -0.39 is 4.33 Å². The average molecular weight is 237 g/mol. The number of nitrogens with zero attached hydrogens (tertiary/aromatic N) is 1. The SMILES string of the molecule is CC1C(N)CCN1CCC1CC1(Cl)Cl. The maximum absolute atomic E-state index is 5.98. The zero-order chi connectivity index (χ0) is 10.3. The molecule has 2 rings (SSSR count). The van der Waals surface area contributed by atoms with E-state index in [0.717, 1.165) is 32.4 Å². The van der Waals surface area contributed by atoms with Gasteiger partial charge in [0, 0.05) is 18.6 Å². The van der Waals surface area contributed by atoms with Crippen molar-refractivity contribution in [2.45, 2.75) is 42.6 Å². The Balaban J connectivity index is 1.72. The Morgan fingerprint density at radius 3 is 2.57 bits per heavy atom. The molecule has 0 aromatic rings. The Labute approximate surface area is 95.7 Å². The molecule has 14 heavy (non-hydrogen) atoms. The molecule has 1 saturated heterocycles. The van der Waals surface area contributed by atoms with E-state index in [1.165, 1.54) is 0 Å². The highest BCUT2D eigenvalue weighted by molar-refractivity contribution is 6.50. The van der Waals surface area contributed by atoms with E-state index >= 15 is 0 Å². The van der Waals surface area contributed by atoms with Crippen LogP contribution >= 0.6 is 23.2 Å². The monoisotopic (exact) mass is 236 g/mol. The molecule has 1 aliphatic heterocycles. The first-order valence-corrected chi connectivity index (χ1v) is 6.14. The highest BCUT2D eigenvalue weighted by Gasteiger charge is 2.51. The van der Waals surface area contributed by atoms with Crippen molar-refractivity contribution >= 4 is 23.2 Å². The van der Waals surface area contributed by atoms with Gasteiger partial charge in [-0.3, -0.25) is 4.90 Å². The molecule has 0 amide bonds. The van der Waals surface area contributed by atoms with Crippen molar-refractivity contribution in [1.29, 1.82) is 0 Å². The minimum atomic E-state index is -0.412. The summed E-state index contributed by atoms with van der Waals surface area (Å²) in [7, 11) is 0. The quantitative estimate of drug-likeness (QED) is 0.760. The lowest BCUT2D eigenvalue weighted by molar-refractivity contribution is 0.252. The van der Waals surface area contributed by atoms with Crippen molar-refractivity contribution in [3.63, 3.8) is 0 Å². The number of halogens is 2. The van der Waals surface area contributed by atoms with Crippen LogP contribution in [-0.4, -0.2) is 34.4 Å². The number of hydrogen-bond acceptors (Lipinski definition) is 2. The second-order valence-electron chi connectivity index (χ2n) is 4.68. The van der Waals surface area contributed by atoms with Crippen LogP contribution in [0.5, 0.6) is 0 Å². The molecule has 0 aromatic carbocycles. The van der Waals surface area contributed by atoms with Crippen molar-refractivity contribution in [3.05, 3.63) is 0 Å². The average Bonchev–Trinajstić information content (AvgIpc) is 2.60. The van der Waals surface area contributed by atoms with Crippen molar-refractivity contribution in [2.75, 3.05) is 13.1 Å². The number of hydrogen-bond donors (Lipinski definition) is 1. The highest BCUT2D eigenvalue weighted by Crippen LogP contribution is 2.54. The predicted octanol–water partition coefficient (Wildman–Crippen LogP) is 1.99. The molecule has 1 aliphatic carbocycles. The van der Waals surface area contributed by atoms with E-state index in [1.807, 2.05) is 0 Å². The van der Waals surface area contributed by atoms with E-state index in [-0.39, 0.29) is 0 Å². The molecule has 82 valence electrons. The number of likely N-dealkylation sites (tertiary alicyclic amines) is 1. The number of nitrogens with two attached hydrogens (primary N) is 1. The second kappa shape index (κ2) is 3.82. The predicted molar refractivity (Wildman–Crippen MR) is 60.8 cm³/mol. The molecule has 0 aromatic heterocycles. The molecule has 0 spiro atoms. The Hall–Kier alpha value is 0.500. The molecular formula is C10H18Cl2N2. The molecule has 4 heteroatoms.